The van der Waals surface area contributed by atoms with Crippen molar-refractivity contribution in [2.75, 3.05) is 11.9 Å². The van der Waals surface area contributed by atoms with Crippen molar-refractivity contribution < 1.29 is 9.63 Å². The van der Waals surface area contributed by atoms with Crippen LogP contribution in [0.2, 0.25) is 0 Å². The molecule has 2 aromatic carbocycles. The first-order chi connectivity index (χ1) is 7.79. The molecule has 0 atom stereocenters. The number of hydrogen-bond acceptors (Lipinski definition) is 3. The highest BCUT2D eigenvalue weighted by Crippen LogP contribution is 2.18. The predicted molar refractivity (Wildman–Crippen MR) is 62.7 cm³/mol. The maximum Gasteiger partial charge on any atom is 0.252 e. The fourth-order valence-electron chi connectivity index (χ4n) is 1.54. The third-order valence-corrected chi connectivity index (χ3v) is 2.25. The van der Waals surface area contributed by atoms with Crippen molar-refractivity contribution in [1.82, 2.24) is 0 Å². The van der Waals surface area contributed by atoms with Gasteiger partial charge in [0.25, 0.3) is 5.91 Å². The highest BCUT2D eigenvalue weighted by Gasteiger charge is 2.01. The van der Waals surface area contributed by atoms with Crippen molar-refractivity contribution >= 4 is 22.4 Å². The summed E-state index contributed by atoms with van der Waals surface area (Å²) in [7, 11) is 0. The summed E-state index contributed by atoms with van der Waals surface area (Å²) in [5, 5.41) is 4.90. The van der Waals surface area contributed by atoms with Crippen molar-refractivity contribution in [3.63, 3.8) is 0 Å². The largest absolute Gasteiger partial charge is 0.324 e. The number of carbonyl (C=O) groups is 1. The lowest BCUT2D eigenvalue weighted by molar-refractivity contribution is -0.120. The van der Waals surface area contributed by atoms with E-state index in [1.54, 1.807) is 0 Å². The van der Waals surface area contributed by atoms with E-state index in [1.165, 1.54) is 0 Å². The molecule has 0 aliphatic carbocycles. The van der Waals surface area contributed by atoms with E-state index < -0.39 is 0 Å². The molecule has 0 fully saturated rings. The van der Waals surface area contributed by atoms with Gasteiger partial charge in [0.1, 0.15) is 6.61 Å². The zero-order valence-corrected chi connectivity index (χ0v) is 8.64. The van der Waals surface area contributed by atoms with Gasteiger partial charge in [-0.05, 0) is 22.9 Å². The molecule has 0 heterocycles. The van der Waals surface area contributed by atoms with Crippen molar-refractivity contribution in [2.45, 2.75) is 0 Å². The second-order valence-electron chi connectivity index (χ2n) is 3.42. The van der Waals surface area contributed by atoms with Crippen molar-refractivity contribution in [3.8, 4) is 0 Å². The SMILES string of the molecule is NOCC(=O)Nc1ccc2ccccc2c1. The van der Waals surface area contributed by atoms with E-state index in [0.717, 1.165) is 16.5 Å². The van der Waals surface area contributed by atoms with Gasteiger partial charge in [0, 0.05) is 5.69 Å². The van der Waals surface area contributed by atoms with Crippen LogP contribution >= 0.6 is 0 Å². The zero-order valence-electron chi connectivity index (χ0n) is 8.64. The molecule has 0 aliphatic heterocycles. The van der Waals surface area contributed by atoms with Crippen molar-refractivity contribution in [3.05, 3.63) is 42.5 Å². The topological polar surface area (TPSA) is 64.3 Å². The van der Waals surface area contributed by atoms with E-state index in [4.69, 9.17) is 5.90 Å². The van der Waals surface area contributed by atoms with Crippen LogP contribution in [-0.2, 0) is 9.63 Å². The Morgan fingerprint density at radius 3 is 2.69 bits per heavy atom. The molecule has 2 aromatic rings. The Bertz CT molecular complexity index is 511. The quantitative estimate of drug-likeness (QED) is 0.767. The molecule has 0 saturated carbocycles. The Kier molecular flexibility index (Phi) is 3.14. The minimum Gasteiger partial charge on any atom is -0.324 e. The van der Waals surface area contributed by atoms with Gasteiger partial charge in [0.2, 0.25) is 0 Å². The van der Waals surface area contributed by atoms with Gasteiger partial charge in [-0.25, -0.2) is 5.90 Å². The van der Waals surface area contributed by atoms with Crippen LogP contribution in [0.3, 0.4) is 0 Å². The Morgan fingerprint density at radius 2 is 1.94 bits per heavy atom. The zero-order chi connectivity index (χ0) is 11.4. The highest BCUT2D eigenvalue weighted by atomic mass is 16.6. The Hall–Kier alpha value is -1.91. The molecule has 0 bridgehead atoms. The minimum absolute atomic E-state index is 0.146. The monoisotopic (exact) mass is 216 g/mol. The molecule has 0 aliphatic rings. The molecule has 4 nitrogen and oxygen atoms in total. The standard InChI is InChI=1S/C12H12N2O2/c13-16-8-12(15)14-11-6-5-9-3-1-2-4-10(9)7-11/h1-7H,8,13H2,(H,14,15). The molecule has 1 amide bonds. The number of amides is 1. The van der Waals surface area contributed by atoms with Crippen LogP contribution in [0.1, 0.15) is 0 Å². The number of benzene rings is 2. The number of anilines is 1. The molecule has 0 radical (unpaired) electrons. The third kappa shape index (κ3) is 2.36. The van der Waals surface area contributed by atoms with Gasteiger partial charge in [-0.15, -0.1) is 0 Å². The molecule has 3 N–H and O–H groups in total. The maximum absolute atomic E-state index is 11.2. The molecular formula is C12H12N2O2. The van der Waals surface area contributed by atoms with Crippen LogP contribution in [0.15, 0.2) is 42.5 Å². The summed E-state index contributed by atoms with van der Waals surface area (Å²) in [6.07, 6.45) is 0. The van der Waals surface area contributed by atoms with Gasteiger partial charge in [-0.1, -0.05) is 30.3 Å². The molecule has 0 unspecified atom stereocenters. The molecule has 82 valence electrons. The van der Waals surface area contributed by atoms with Gasteiger partial charge in [-0.3, -0.25) is 9.63 Å². The van der Waals surface area contributed by atoms with Gasteiger partial charge >= 0.3 is 0 Å². The van der Waals surface area contributed by atoms with Crippen LogP contribution in [0.4, 0.5) is 5.69 Å². The average Bonchev–Trinajstić information content (AvgIpc) is 2.29. The van der Waals surface area contributed by atoms with E-state index in [2.05, 4.69) is 10.2 Å². The molecule has 4 heteroatoms. The van der Waals surface area contributed by atoms with Crippen LogP contribution < -0.4 is 11.2 Å². The van der Waals surface area contributed by atoms with Crippen LogP contribution in [0.5, 0.6) is 0 Å². The van der Waals surface area contributed by atoms with Crippen molar-refractivity contribution in [1.29, 1.82) is 0 Å². The number of nitrogens with one attached hydrogen (secondary N) is 1. The minimum atomic E-state index is -0.266. The fourth-order valence-corrected chi connectivity index (χ4v) is 1.54. The molecular weight excluding hydrogens is 204 g/mol. The van der Waals surface area contributed by atoms with Gasteiger partial charge in [0.15, 0.2) is 0 Å². The molecule has 0 saturated heterocycles. The van der Waals surface area contributed by atoms with Gasteiger partial charge in [0.05, 0.1) is 0 Å². The molecule has 2 rings (SSSR count). The lowest BCUT2D eigenvalue weighted by atomic mass is 10.1. The molecule has 0 spiro atoms. The lowest BCUT2D eigenvalue weighted by Crippen LogP contribution is -2.20. The smallest absolute Gasteiger partial charge is 0.252 e. The van der Waals surface area contributed by atoms with Crippen LogP contribution in [0, 0.1) is 0 Å². The second kappa shape index (κ2) is 4.74. The van der Waals surface area contributed by atoms with E-state index in [1.807, 2.05) is 42.5 Å². The van der Waals surface area contributed by atoms with E-state index in [0.29, 0.717) is 0 Å². The third-order valence-electron chi connectivity index (χ3n) is 2.25. The summed E-state index contributed by atoms with van der Waals surface area (Å²) in [6.45, 7) is -0.146. The van der Waals surface area contributed by atoms with E-state index >= 15 is 0 Å². The number of fused-ring (bicyclic) bond motifs is 1. The first-order valence-electron chi connectivity index (χ1n) is 4.90. The summed E-state index contributed by atoms with van der Waals surface area (Å²) >= 11 is 0. The van der Waals surface area contributed by atoms with E-state index in [-0.39, 0.29) is 12.5 Å². The number of hydrogen-bond donors (Lipinski definition) is 2. The van der Waals surface area contributed by atoms with Crippen LogP contribution in [-0.4, -0.2) is 12.5 Å². The summed E-state index contributed by atoms with van der Waals surface area (Å²) in [4.78, 5) is 15.5. The van der Waals surface area contributed by atoms with Crippen molar-refractivity contribution in [2.24, 2.45) is 5.90 Å². The first kappa shape index (κ1) is 10.6. The normalized spacial score (nSPS) is 10.3. The molecule has 16 heavy (non-hydrogen) atoms. The Labute approximate surface area is 93.0 Å². The molecule has 0 aromatic heterocycles. The first-order valence-corrected chi connectivity index (χ1v) is 4.90. The summed E-state index contributed by atoms with van der Waals surface area (Å²) in [5.41, 5.74) is 0.737. The average molecular weight is 216 g/mol. The second-order valence-corrected chi connectivity index (χ2v) is 3.42. The number of rotatable bonds is 3. The summed E-state index contributed by atoms with van der Waals surface area (Å²) < 4.78 is 0. The Morgan fingerprint density at radius 1 is 1.19 bits per heavy atom. The maximum atomic E-state index is 11.2. The highest BCUT2D eigenvalue weighted by molar-refractivity contribution is 5.94. The van der Waals surface area contributed by atoms with Crippen LogP contribution in [0.25, 0.3) is 10.8 Å². The summed E-state index contributed by atoms with van der Waals surface area (Å²) in [6, 6.07) is 13.6. The fraction of sp³-hybridized carbons (Fsp3) is 0.0833. The summed E-state index contributed by atoms with van der Waals surface area (Å²) in [5.74, 6) is 4.55. The number of carbonyl (C=O) groups excluding carboxylic acids is 1. The predicted octanol–water partition coefficient (Wildman–Crippen LogP) is 1.67. The lowest BCUT2D eigenvalue weighted by Gasteiger charge is -2.05. The van der Waals surface area contributed by atoms with Gasteiger partial charge < -0.3 is 5.32 Å². The van der Waals surface area contributed by atoms with Gasteiger partial charge in [-0.2, -0.15) is 0 Å². The van der Waals surface area contributed by atoms with E-state index in [9.17, 15) is 4.79 Å². The Balaban J connectivity index is 2.22. The number of nitrogens with two attached hydrogens (primary N) is 1.